The summed E-state index contributed by atoms with van der Waals surface area (Å²) in [7, 11) is 0. The Labute approximate surface area is 110 Å². The zero-order chi connectivity index (χ0) is 13.8. The smallest absolute Gasteiger partial charge is 0.128 e. The topological polar surface area (TPSA) is 35.8 Å². The Bertz CT molecular complexity index is 645. The Balaban J connectivity index is 2.21. The van der Waals surface area contributed by atoms with E-state index in [0.717, 1.165) is 23.8 Å². The summed E-state index contributed by atoms with van der Waals surface area (Å²) in [4.78, 5) is 0. The number of aryl methyl sites for hydroxylation is 1. The number of nitrogens with zero attached hydrogens (tertiary/aromatic N) is 1. The largest absolute Gasteiger partial charge is 0.380 e. The highest BCUT2D eigenvalue weighted by molar-refractivity contribution is 5.59. The molecule has 0 aliphatic heterocycles. The molecule has 0 spiro atoms. The Morgan fingerprint density at radius 1 is 1.16 bits per heavy atom. The van der Waals surface area contributed by atoms with Crippen molar-refractivity contribution in [2.75, 3.05) is 5.32 Å². The average Bonchev–Trinajstić information content (AvgIpc) is 2.40. The summed E-state index contributed by atoms with van der Waals surface area (Å²) >= 11 is 0. The molecular formula is C15H12F2N2. The average molecular weight is 258 g/mol. The molecule has 0 amide bonds. The van der Waals surface area contributed by atoms with Gasteiger partial charge in [0.2, 0.25) is 0 Å². The molecule has 0 heterocycles. The van der Waals surface area contributed by atoms with Gasteiger partial charge in [0.25, 0.3) is 0 Å². The zero-order valence-electron chi connectivity index (χ0n) is 10.4. The number of anilines is 1. The van der Waals surface area contributed by atoms with Gasteiger partial charge in [-0.05, 0) is 42.8 Å². The quantitative estimate of drug-likeness (QED) is 0.909. The summed E-state index contributed by atoms with van der Waals surface area (Å²) in [5.74, 6) is -0.956. The van der Waals surface area contributed by atoms with Crippen LogP contribution in [-0.2, 0) is 6.54 Å². The van der Waals surface area contributed by atoms with Crippen molar-refractivity contribution in [3.05, 3.63) is 64.7 Å². The third-order valence-corrected chi connectivity index (χ3v) is 2.77. The summed E-state index contributed by atoms with van der Waals surface area (Å²) in [6.45, 7) is 2.02. The highest BCUT2D eigenvalue weighted by Crippen LogP contribution is 2.18. The van der Waals surface area contributed by atoms with Crippen LogP contribution >= 0.6 is 0 Å². The van der Waals surface area contributed by atoms with E-state index in [1.54, 1.807) is 12.1 Å². The maximum Gasteiger partial charge on any atom is 0.128 e. The molecule has 0 bridgehead atoms. The van der Waals surface area contributed by atoms with Crippen LogP contribution in [0.15, 0.2) is 36.4 Å². The van der Waals surface area contributed by atoms with Gasteiger partial charge in [0.1, 0.15) is 17.7 Å². The molecule has 96 valence electrons. The third kappa shape index (κ3) is 3.08. The third-order valence-electron chi connectivity index (χ3n) is 2.77. The van der Waals surface area contributed by atoms with Crippen LogP contribution in [0.25, 0.3) is 0 Å². The van der Waals surface area contributed by atoms with Crippen molar-refractivity contribution < 1.29 is 8.78 Å². The first-order valence-corrected chi connectivity index (χ1v) is 5.78. The Kier molecular flexibility index (Phi) is 3.76. The van der Waals surface area contributed by atoms with Crippen molar-refractivity contribution in [2.45, 2.75) is 13.5 Å². The van der Waals surface area contributed by atoms with E-state index >= 15 is 0 Å². The molecule has 0 aliphatic carbocycles. The second kappa shape index (κ2) is 5.49. The molecule has 2 rings (SSSR count). The monoisotopic (exact) mass is 258 g/mol. The molecule has 2 aromatic carbocycles. The van der Waals surface area contributed by atoms with Gasteiger partial charge < -0.3 is 5.32 Å². The SMILES string of the molecule is Cc1ccc(C#N)c(NCc2cc(F)ccc2F)c1. The molecule has 0 atom stereocenters. The van der Waals surface area contributed by atoms with E-state index in [-0.39, 0.29) is 12.1 Å². The van der Waals surface area contributed by atoms with Crippen molar-refractivity contribution in [1.82, 2.24) is 0 Å². The van der Waals surface area contributed by atoms with Crippen LogP contribution < -0.4 is 5.32 Å². The first-order chi connectivity index (χ1) is 9.10. The number of halogens is 2. The number of hydrogen-bond acceptors (Lipinski definition) is 2. The van der Waals surface area contributed by atoms with Crippen molar-refractivity contribution in [3.8, 4) is 6.07 Å². The lowest BCUT2D eigenvalue weighted by Gasteiger charge is -2.10. The molecule has 4 heteroatoms. The van der Waals surface area contributed by atoms with Gasteiger partial charge in [-0.3, -0.25) is 0 Å². The van der Waals surface area contributed by atoms with E-state index in [9.17, 15) is 8.78 Å². The van der Waals surface area contributed by atoms with E-state index in [1.165, 1.54) is 0 Å². The molecule has 2 nitrogen and oxygen atoms in total. The maximum absolute atomic E-state index is 13.5. The summed E-state index contributed by atoms with van der Waals surface area (Å²) in [5.41, 5.74) is 2.31. The number of benzene rings is 2. The summed E-state index contributed by atoms with van der Waals surface area (Å²) < 4.78 is 26.5. The van der Waals surface area contributed by atoms with Gasteiger partial charge in [-0.15, -0.1) is 0 Å². The van der Waals surface area contributed by atoms with Crippen LogP contribution in [0.5, 0.6) is 0 Å². The first-order valence-electron chi connectivity index (χ1n) is 5.78. The Hall–Kier alpha value is -2.41. The fourth-order valence-electron chi connectivity index (χ4n) is 1.77. The normalized spacial score (nSPS) is 10.0. The molecule has 0 fully saturated rings. The number of rotatable bonds is 3. The van der Waals surface area contributed by atoms with Crippen LogP contribution in [-0.4, -0.2) is 0 Å². The van der Waals surface area contributed by atoms with Crippen LogP contribution in [0.4, 0.5) is 14.5 Å². The van der Waals surface area contributed by atoms with E-state index in [1.807, 2.05) is 13.0 Å². The molecule has 19 heavy (non-hydrogen) atoms. The minimum absolute atomic E-state index is 0.127. The lowest BCUT2D eigenvalue weighted by Crippen LogP contribution is -2.04. The van der Waals surface area contributed by atoms with E-state index < -0.39 is 11.6 Å². The van der Waals surface area contributed by atoms with Gasteiger partial charge in [0.05, 0.1) is 11.3 Å². The molecule has 2 aromatic rings. The van der Waals surface area contributed by atoms with Gasteiger partial charge in [0.15, 0.2) is 0 Å². The predicted molar refractivity (Wildman–Crippen MR) is 69.6 cm³/mol. The van der Waals surface area contributed by atoms with Crippen LogP contribution in [0.2, 0.25) is 0 Å². The van der Waals surface area contributed by atoms with Gasteiger partial charge in [-0.25, -0.2) is 8.78 Å². The highest BCUT2D eigenvalue weighted by atomic mass is 19.1. The van der Waals surface area contributed by atoms with Gasteiger partial charge in [-0.2, -0.15) is 5.26 Å². The van der Waals surface area contributed by atoms with Gasteiger partial charge >= 0.3 is 0 Å². The summed E-state index contributed by atoms with van der Waals surface area (Å²) in [6.07, 6.45) is 0. The Morgan fingerprint density at radius 2 is 1.95 bits per heavy atom. The van der Waals surface area contributed by atoms with Gasteiger partial charge in [0, 0.05) is 12.1 Å². The van der Waals surface area contributed by atoms with E-state index in [0.29, 0.717) is 11.3 Å². The predicted octanol–water partition coefficient (Wildman–Crippen LogP) is 3.76. The lowest BCUT2D eigenvalue weighted by atomic mass is 10.1. The van der Waals surface area contributed by atoms with Gasteiger partial charge in [-0.1, -0.05) is 6.07 Å². The molecule has 0 aliphatic rings. The van der Waals surface area contributed by atoms with Crippen molar-refractivity contribution in [1.29, 1.82) is 5.26 Å². The van der Waals surface area contributed by atoms with Crippen molar-refractivity contribution in [2.24, 2.45) is 0 Å². The number of nitrogens with one attached hydrogen (secondary N) is 1. The first kappa shape index (κ1) is 13.0. The molecule has 0 saturated carbocycles. The fraction of sp³-hybridized carbons (Fsp3) is 0.133. The highest BCUT2D eigenvalue weighted by Gasteiger charge is 2.06. The fourth-order valence-corrected chi connectivity index (χ4v) is 1.77. The molecule has 0 radical (unpaired) electrons. The molecule has 0 saturated heterocycles. The molecule has 1 N–H and O–H groups in total. The van der Waals surface area contributed by atoms with E-state index in [4.69, 9.17) is 5.26 Å². The lowest BCUT2D eigenvalue weighted by molar-refractivity contribution is 0.587. The number of hydrogen-bond donors (Lipinski definition) is 1. The van der Waals surface area contributed by atoms with E-state index in [2.05, 4.69) is 11.4 Å². The van der Waals surface area contributed by atoms with Crippen LogP contribution in [0.1, 0.15) is 16.7 Å². The molecule has 0 unspecified atom stereocenters. The Morgan fingerprint density at radius 3 is 2.68 bits per heavy atom. The molecular weight excluding hydrogens is 246 g/mol. The van der Waals surface area contributed by atoms with Crippen molar-refractivity contribution >= 4 is 5.69 Å². The second-order valence-electron chi connectivity index (χ2n) is 4.25. The minimum Gasteiger partial charge on any atom is -0.380 e. The van der Waals surface area contributed by atoms with Crippen molar-refractivity contribution in [3.63, 3.8) is 0 Å². The molecule has 0 aromatic heterocycles. The van der Waals surface area contributed by atoms with Crippen LogP contribution in [0.3, 0.4) is 0 Å². The van der Waals surface area contributed by atoms with Crippen LogP contribution in [0, 0.1) is 29.9 Å². The summed E-state index contributed by atoms with van der Waals surface area (Å²) in [6, 6.07) is 10.7. The summed E-state index contributed by atoms with van der Waals surface area (Å²) in [5, 5.41) is 11.9. The number of nitriles is 1. The minimum atomic E-state index is -0.483. The standard InChI is InChI=1S/C15H12F2N2/c1-10-2-3-11(8-18)15(6-10)19-9-12-7-13(16)4-5-14(12)17/h2-7,19H,9H2,1H3. The second-order valence-corrected chi connectivity index (χ2v) is 4.25. The maximum atomic E-state index is 13.5. The zero-order valence-corrected chi connectivity index (χ0v) is 10.4.